The van der Waals surface area contributed by atoms with Crippen LogP contribution in [0, 0.1) is 0 Å². The molecule has 1 aromatic carbocycles. The molecule has 1 N–H and O–H groups in total. The second-order valence-corrected chi connectivity index (χ2v) is 5.40. The summed E-state index contributed by atoms with van der Waals surface area (Å²) >= 11 is 5.63. The Morgan fingerprint density at radius 1 is 1.21 bits per heavy atom. The van der Waals surface area contributed by atoms with Crippen LogP contribution in [0.4, 0.5) is 6.01 Å². The van der Waals surface area contributed by atoms with Crippen molar-refractivity contribution >= 4 is 17.6 Å². The van der Waals surface area contributed by atoms with Gasteiger partial charge < -0.3 is 9.73 Å². The van der Waals surface area contributed by atoms with Crippen molar-refractivity contribution in [3.8, 4) is 0 Å². The van der Waals surface area contributed by atoms with Crippen LogP contribution in [0.1, 0.15) is 31.7 Å². The van der Waals surface area contributed by atoms with E-state index >= 15 is 0 Å². The number of halogens is 1. The van der Waals surface area contributed by atoms with Crippen molar-refractivity contribution in [3.63, 3.8) is 0 Å². The fourth-order valence-corrected chi connectivity index (χ4v) is 1.92. The van der Waals surface area contributed by atoms with Gasteiger partial charge in [-0.3, -0.25) is 0 Å². The van der Waals surface area contributed by atoms with Crippen molar-refractivity contribution in [1.29, 1.82) is 0 Å². The maximum atomic E-state index is 5.63. The van der Waals surface area contributed by atoms with Crippen LogP contribution in [0.5, 0.6) is 0 Å². The highest BCUT2D eigenvalue weighted by atomic mass is 35.5. The summed E-state index contributed by atoms with van der Waals surface area (Å²) in [5.74, 6) is 0.669. The summed E-state index contributed by atoms with van der Waals surface area (Å²) in [7, 11) is 0. The molecule has 5 heteroatoms. The van der Waals surface area contributed by atoms with Gasteiger partial charge in [0.05, 0.1) is 0 Å². The number of alkyl halides is 1. The topological polar surface area (TPSA) is 51.0 Å². The van der Waals surface area contributed by atoms with Crippen LogP contribution in [0.3, 0.4) is 0 Å². The third-order valence-corrected chi connectivity index (χ3v) is 3.14. The van der Waals surface area contributed by atoms with Crippen molar-refractivity contribution in [2.75, 3.05) is 5.32 Å². The van der Waals surface area contributed by atoms with Crippen LogP contribution < -0.4 is 5.32 Å². The summed E-state index contributed by atoms with van der Waals surface area (Å²) in [5.41, 5.74) is 1.20. The largest absolute Gasteiger partial charge is 0.407 e. The van der Waals surface area contributed by atoms with Gasteiger partial charge in [-0.15, -0.1) is 16.7 Å². The standard InChI is InChI=1S/C14H18ClN3O/c1-14(2,9-8-11-6-4-3-5-7-11)16-13-18-17-12(10-15)19-13/h3-7H,8-10H2,1-2H3,(H,16,18). The average molecular weight is 280 g/mol. The number of rotatable bonds is 6. The first kappa shape index (κ1) is 13.9. The number of hydrogen-bond donors (Lipinski definition) is 1. The smallest absolute Gasteiger partial charge is 0.315 e. The summed E-state index contributed by atoms with van der Waals surface area (Å²) in [5, 5.41) is 11.0. The Morgan fingerprint density at radius 2 is 1.95 bits per heavy atom. The van der Waals surface area contributed by atoms with Gasteiger partial charge >= 0.3 is 6.01 Å². The van der Waals surface area contributed by atoms with E-state index in [0.717, 1.165) is 12.8 Å². The van der Waals surface area contributed by atoms with Gasteiger partial charge in [0.25, 0.3) is 0 Å². The molecule has 0 aliphatic heterocycles. The zero-order valence-electron chi connectivity index (χ0n) is 11.2. The summed E-state index contributed by atoms with van der Waals surface area (Å²) in [4.78, 5) is 0. The monoisotopic (exact) mass is 279 g/mol. The van der Waals surface area contributed by atoms with E-state index in [1.54, 1.807) is 0 Å². The van der Waals surface area contributed by atoms with Crippen LogP contribution in [0.15, 0.2) is 34.7 Å². The Bertz CT molecular complexity index is 510. The van der Waals surface area contributed by atoms with Crippen molar-refractivity contribution in [3.05, 3.63) is 41.8 Å². The molecule has 1 aromatic heterocycles. The Balaban J connectivity index is 1.91. The van der Waals surface area contributed by atoms with Gasteiger partial charge in [-0.2, -0.15) is 0 Å². The summed E-state index contributed by atoms with van der Waals surface area (Å²) in [6.07, 6.45) is 1.97. The predicted molar refractivity (Wildman–Crippen MR) is 76.3 cm³/mol. The molecule has 0 bridgehead atoms. The number of anilines is 1. The lowest BCUT2D eigenvalue weighted by Crippen LogP contribution is -2.31. The number of nitrogens with one attached hydrogen (secondary N) is 1. The first-order valence-corrected chi connectivity index (χ1v) is 6.83. The Morgan fingerprint density at radius 3 is 2.58 bits per heavy atom. The summed E-state index contributed by atoms with van der Waals surface area (Å²) < 4.78 is 5.36. The Labute approximate surface area is 118 Å². The second-order valence-electron chi connectivity index (χ2n) is 5.13. The fourth-order valence-electron chi connectivity index (χ4n) is 1.81. The van der Waals surface area contributed by atoms with E-state index in [0.29, 0.717) is 11.9 Å². The van der Waals surface area contributed by atoms with Gasteiger partial charge in [0.2, 0.25) is 5.89 Å². The van der Waals surface area contributed by atoms with E-state index < -0.39 is 0 Å². The molecule has 0 aliphatic rings. The predicted octanol–water partition coefficient (Wildman–Crippen LogP) is 3.63. The molecule has 1 heterocycles. The van der Waals surface area contributed by atoms with E-state index in [1.165, 1.54) is 5.56 Å². The highest BCUT2D eigenvalue weighted by molar-refractivity contribution is 6.16. The van der Waals surface area contributed by atoms with Crippen molar-refractivity contribution < 1.29 is 4.42 Å². The molecule has 4 nitrogen and oxygen atoms in total. The van der Waals surface area contributed by atoms with Gasteiger partial charge in [0.1, 0.15) is 5.88 Å². The number of nitrogens with zero attached hydrogens (tertiary/aromatic N) is 2. The molecule has 0 saturated heterocycles. The minimum atomic E-state index is -0.119. The van der Waals surface area contributed by atoms with Crippen LogP contribution in [-0.2, 0) is 12.3 Å². The maximum Gasteiger partial charge on any atom is 0.315 e. The van der Waals surface area contributed by atoms with E-state index in [4.69, 9.17) is 16.0 Å². The molecule has 0 spiro atoms. The number of aromatic nitrogens is 2. The van der Waals surface area contributed by atoms with E-state index in [2.05, 4.69) is 53.6 Å². The molecular weight excluding hydrogens is 262 g/mol. The van der Waals surface area contributed by atoms with Gasteiger partial charge in [-0.25, -0.2) is 0 Å². The molecule has 102 valence electrons. The SMILES string of the molecule is CC(C)(CCc1ccccc1)Nc1nnc(CCl)o1. The van der Waals surface area contributed by atoms with Crippen molar-refractivity contribution in [1.82, 2.24) is 10.2 Å². The van der Waals surface area contributed by atoms with Crippen LogP contribution in [-0.4, -0.2) is 15.7 Å². The molecule has 0 amide bonds. The molecule has 0 aliphatic carbocycles. The average Bonchev–Trinajstić information content (AvgIpc) is 2.85. The Hall–Kier alpha value is -1.55. The lowest BCUT2D eigenvalue weighted by atomic mass is 9.95. The highest BCUT2D eigenvalue weighted by Crippen LogP contribution is 2.19. The molecule has 19 heavy (non-hydrogen) atoms. The summed E-state index contributed by atoms with van der Waals surface area (Å²) in [6.45, 7) is 4.22. The lowest BCUT2D eigenvalue weighted by molar-refractivity contribution is 0.467. The maximum absolute atomic E-state index is 5.63. The number of aryl methyl sites for hydroxylation is 1. The van der Waals surface area contributed by atoms with Crippen molar-refractivity contribution in [2.24, 2.45) is 0 Å². The second kappa shape index (κ2) is 6.06. The normalized spacial score (nSPS) is 11.5. The molecule has 0 atom stereocenters. The lowest BCUT2D eigenvalue weighted by Gasteiger charge is -2.25. The molecule has 2 aromatic rings. The van der Waals surface area contributed by atoms with E-state index in [1.807, 2.05) is 6.07 Å². The molecular formula is C14H18ClN3O. The molecule has 0 fully saturated rings. The number of benzene rings is 1. The number of hydrogen-bond acceptors (Lipinski definition) is 4. The van der Waals surface area contributed by atoms with Gasteiger partial charge in [-0.05, 0) is 32.3 Å². The molecule has 0 saturated carbocycles. The molecule has 2 rings (SSSR count). The Kier molecular flexibility index (Phi) is 4.43. The highest BCUT2D eigenvalue weighted by Gasteiger charge is 2.20. The zero-order chi connectivity index (χ0) is 13.7. The molecule has 0 radical (unpaired) electrons. The van der Waals surface area contributed by atoms with Crippen LogP contribution in [0.25, 0.3) is 0 Å². The minimum Gasteiger partial charge on any atom is -0.407 e. The zero-order valence-corrected chi connectivity index (χ0v) is 11.9. The van der Waals surface area contributed by atoms with Gasteiger partial charge in [-0.1, -0.05) is 35.4 Å². The first-order chi connectivity index (χ1) is 9.09. The fraction of sp³-hybridized carbons (Fsp3) is 0.429. The third kappa shape index (κ3) is 4.24. The van der Waals surface area contributed by atoms with E-state index in [9.17, 15) is 0 Å². The van der Waals surface area contributed by atoms with E-state index in [-0.39, 0.29) is 11.4 Å². The summed E-state index contributed by atoms with van der Waals surface area (Å²) in [6, 6.07) is 10.8. The van der Waals surface area contributed by atoms with Crippen molar-refractivity contribution in [2.45, 2.75) is 38.1 Å². The minimum absolute atomic E-state index is 0.119. The quantitative estimate of drug-likeness (QED) is 0.821. The molecule has 0 unspecified atom stereocenters. The third-order valence-electron chi connectivity index (χ3n) is 2.91. The van der Waals surface area contributed by atoms with Crippen LogP contribution >= 0.6 is 11.6 Å². The van der Waals surface area contributed by atoms with Gasteiger partial charge in [0, 0.05) is 5.54 Å². The van der Waals surface area contributed by atoms with Crippen LogP contribution in [0.2, 0.25) is 0 Å². The first-order valence-electron chi connectivity index (χ1n) is 6.29. The van der Waals surface area contributed by atoms with Gasteiger partial charge in [0.15, 0.2) is 0 Å².